The van der Waals surface area contributed by atoms with Gasteiger partial charge in [-0.3, -0.25) is 4.99 Å². The lowest BCUT2D eigenvalue weighted by atomic mass is 10.0. The fourth-order valence-corrected chi connectivity index (χ4v) is 2.60. The van der Waals surface area contributed by atoms with Crippen molar-refractivity contribution in [3.05, 3.63) is 0 Å². The Labute approximate surface area is 97.1 Å². The number of ether oxygens (including phenoxy) is 1. The summed E-state index contributed by atoms with van der Waals surface area (Å²) in [6, 6.07) is 0. The number of aliphatic imine (C=N–C) groups is 1. The molecule has 0 aliphatic carbocycles. The molecule has 0 amide bonds. The van der Waals surface area contributed by atoms with Crippen molar-refractivity contribution in [1.29, 1.82) is 0 Å². The van der Waals surface area contributed by atoms with E-state index in [1.54, 1.807) is 0 Å². The molecule has 0 spiro atoms. The third-order valence-electron chi connectivity index (χ3n) is 2.66. The third-order valence-corrected chi connectivity index (χ3v) is 3.95. The molecule has 0 saturated carbocycles. The van der Waals surface area contributed by atoms with Gasteiger partial charge in [-0.1, -0.05) is 18.7 Å². The molecule has 3 nitrogen and oxygen atoms in total. The van der Waals surface area contributed by atoms with Gasteiger partial charge in [-0.05, 0) is 27.2 Å². The highest BCUT2D eigenvalue weighted by Crippen LogP contribution is 2.25. The normalized spacial score (nSPS) is 30.5. The van der Waals surface area contributed by atoms with Crippen molar-refractivity contribution in [2.45, 2.75) is 45.8 Å². The van der Waals surface area contributed by atoms with Crippen molar-refractivity contribution in [3.8, 4) is 0 Å². The van der Waals surface area contributed by atoms with E-state index in [4.69, 9.17) is 4.74 Å². The maximum atomic E-state index is 5.44. The van der Waals surface area contributed by atoms with Gasteiger partial charge in [0.2, 0.25) is 0 Å². The summed E-state index contributed by atoms with van der Waals surface area (Å²) in [6.07, 6.45) is 1.36. The summed E-state index contributed by atoms with van der Waals surface area (Å²) in [5.74, 6) is 1.12. The number of rotatable bonds is 5. The van der Waals surface area contributed by atoms with Gasteiger partial charge in [0, 0.05) is 17.9 Å². The molecule has 0 radical (unpaired) electrons. The van der Waals surface area contributed by atoms with E-state index in [2.05, 4.69) is 31.1 Å². The van der Waals surface area contributed by atoms with Crippen molar-refractivity contribution < 1.29 is 4.74 Å². The van der Waals surface area contributed by atoms with Crippen LogP contribution in [0, 0.1) is 0 Å². The number of hydrogen-bond acceptors (Lipinski definition) is 3. The van der Waals surface area contributed by atoms with Crippen LogP contribution in [0.15, 0.2) is 4.99 Å². The second kappa shape index (κ2) is 5.75. The maximum absolute atomic E-state index is 5.44. The van der Waals surface area contributed by atoms with Gasteiger partial charge in [0.25, 0.3) is 0 Å². The van der Waals surface area contributed by atoms with Crippen molar-refractivity contribution in [3.63, 3.8) is 0 Å². The monoisotopic (exact) mass is 230 g/mol. The van der Waals surface area contributed by atoms with Crippen molar-refractivity contribution >= 4 is 16.9 Å². The van der Waals surface area contributed by atoms with E-state index in [-0.39, 0.29) is 11.6 Å². The molecule has 0 aromatic heterocycles. The lowest BCUT2D eigenvalue weighted by molar-refractivity contribution is 0.0829. The number of nitrogens with zero attached hydrogens (tertiary/aromatic N) is 1. The highest BCUT2D eigenvalue weighted by Gasteiger charge is 2.30. The summed E-state index contributed by atoms with van der Waals surface area (Å²) < 4.78 is 5.44. The van der Waals surface area contributed by atoms with E-state index < -0.39 is 0 Å². The Morgan fingerprint density at radius 1 is 1.60 bits per heavy atom. The van der Waals surface area contributed by atoms with Crippen LogP contribution in [0.5, 0.6) is 0 Å². The third kappa shape index (κ3) is 4.03. The molecular formula is C11H22N2OS. The predicted molar refractivity (Wildman–Crippen MR) is 67.7 cm³/mol. The first-order chi connectivity index (χ1) is 7.09. The van der Waals surface area contributed by atoms with E-state index in [0.29, 0.717) is 0 Å². The Kier molecular flexibility index (Phi) is 4.93. The lowest BCUT2D eigenvalue weighted by Gasteiger charge is -2.20. The Hall–Kier alpha value is -0.220. The van der Waals surface area contributed by atoms with Crippen molar-refractivity contribution in [2.24, 2.45) is 4.99 Å². The molecule has 0 bridgehead atoms. The quantitative estimate of drug-likeness (QED) is 0.786. The first-order valence-electron chi connectivity index (χ1n) is 5.66. The van der Waals surface area contributed by atoms with Gasteiger partial charge >= 0.3 is 0 Å². The van der Waals surface area contributed by atoms with Crippen LogP contribution in [-0.2, 0) is 4.74 Å². The lowest BCUT2D eigenvalue weighted by Crippen LogP contribution is -2.39. The number of amidine groups is 1. The molecule has 1 fully saturated rings. The largest absolute Gasteiger partial charge is 0.377 e. The minimum Gasteiger partial charge on any atom is -0.377 e. The van der Waals surface area contributed by atoms with Gasteiger partial charge in [0.15, 0.2) is 5.17 Å². The summed E-state index contributed by atoms with van der Waals surface area (Å²) in [7, 11) is 0. The van der Waals surface area contributed by atoms with Crippen LogP contribution in [0.3, 0.4) is 0 Å². The summed E-state index contributed by atoms with van der Waals surface area (Å²) in [5.41, 5.74) is 0.234. The molecule has 4 heteroatoms. The molecule has 2 atom stereocenters. The molecular weight excluding hydrogens is 208 g/mol. The van der Waals surface area contributed by atoms with E-state index in [1.807, 2.05) is 18.7 Å². The zero-order valence-electron chi connectivity index (χ0n) is 10.2. The first kappa shape index (κ1) is 12.8. The van der Waals surface area contributed by atoms with Gasteiger partial charge in [0.1, 0.15) is 0 Å². The van der Waals surface area contributed by atoms with Crippen LogP contribution in [0.25, 0.3) is 0 Å². The summed E-state index contributed by atoms with van der Waals surface area (Å²) in [5, 5.41) is 4.55. The molecule has 1 aliphatic rings. The molecule has 15 heavy (non-hydrogen) atoms. The molecule has 0 aromatic rings. The van der Waals surface area contributed by atoms with Crippen LogP contribution in [0.2, 0.25) is 0 Å². The average molecular weight is 230 g/mol. The Bertz CT molecular complexity index is 233. The molecule has 88 valence electrons. The maximum Gasteiger partial charge on any atom is 0.157 e. The van der Waals surface area contributed by atoms with Crippen LogP contribution in [-0.4, -0.2) is 35.7 Å². The molecule has 0 aromatic carbocycles. The number of hydrogen-bond donors (Lipinski definition) is 1. The van der Waals surface area contributed by atoms with E-state index in [1.165, 1.54) is 0 Å². The molecule has 1 aliphatic heterocycles. The molecule has 1 saturated heterocycles. The highest BCUT2D eigenvalue weighted by atomic mass is 32.2. The first-order valence-corrected chi connectivity index (χ1v) is 6.65. The molecule has 1 heterocycles. The van der Waals surface area contributed by atoms with Gasteiger partial charge in [0.05, 0.1) is 12.6 Å². The van der Waals surface area contributed by atoms with Crippen LogP contribution >= 0.6 is 11.8 Å². The fourth-order valence-electron chi connectivity index (χ4n) is 1.38. The second-order valence-electron chi connectivity index (χ2n) is 4.24. The van der Waals surface area contributed by atoms with E-state index in [0.717, 1.165) is 30.5 Å². The number of thioether (sulfide) groups is 1. The van der Waals surface area contributed by atoms with Crippen molar-refractivity contribution in [1.82, 2.24) is 5.32 Å². The summed E-state index contributed by atoms with van der Waals surface area (Å²) in [6.45, 7) is 10.0. The number of nitrogens with one attached hydrogen (secondary N) is 1. The summed E-state index contributed by atoms with van der Waals surface area (Å²) in [4.78, 5) is 4.53. The van der Waals surface area contributed by atoms with E-state index >= 15 is 0 Å². The van der Waals surface area contributed by atoms with Crippen LogP contribution in [0.4, 0.5) is 0 Å². The van der Waals surface area contributed by atoms with Crippen LogP contribution in [0.1, 0.15) is 34.1 Å². The smallest absolute Gasteiger partial charge is 0.157 e. The second-order valence-corrected chi connectivity index (χ2v) is 5.20. The SMILES string of the molecule is CCOC(C)CN=C1NC(C)(CC)CS1. The zero-order valence-corrected chi connectivity index (χ0v) is 11.0. The van der Waals surface area contributed by atoms with Gasteiger partial charge in [-0.25, -0.2) is 0 Å². The summed E-state index contributed by atoms with van der Waals surface area (Å²) >= 11 is 1.82. The highest BCUT2D eigenvalue weighted by molar-refractivity contribution is 8.14. The Balaban J connectivity index is 2.36. The van der Waals surface area contributed by atoms with Gasteiger partial charge < -0.3 is 10.1 Å². The Morgan fingerprint density at radius 2 is 2.33 bits per heavy atom. The molecule has 1 rings (SSSR count). The minimum atomic E-state index is 0.221. The van der Waals surface area contributed by atoms with Crippen LogP contribution < -0.4 is 5.32 Å². The fraction of sp³-hybridized carbons (Fsp3) is 0.909. The average Bonchev–Trinajstić information content (AvgIpc) is 2.59. The van der Waals surface area contributed by atoms with Crippen molar-refractivity contribution in [2.75, 3.05) is 18.9 Å². The zero-order chi connectivity index (χ0) is 11.3. The van der Waals surface area contributed by atoms with Gasteiger partial charge in [-0.15, -0.1) is 0 Å². The predicted octanol–water partition coefficient (Wildman–Crippen LogP) is 2.27. The van der Waals surface area contributed by atoms with Gasteiger partial charge in [-0.2, -0.15) is 0 Å². The minimum absolute atomic E-state index is 0.221. The molecule has 2 unspecified atom stereocenters. The Morgan fingerprint density at radius 3 is 2.87 bits per heavy atom. The molecule has 1 N–H and O–H groups in total. The van der Waals surface area contributed by atoms with E-state index in [9.17, 15) is 0 Å². The standard InChI is InChI=1S/C11H22N2OS/c1-5-11(4)8-15-10(13-11)12-7-9(3)14-6-2/h9H,5-8H2,1-4H3,(H,12,13). The topological polar surface area (TPSA) is 33.6 Å².